The van der Waals surface area contributed by atoms with E-state index in [0.29, 0.717) is 11.3 Å². The second-order valence-electron chi connectivity index (χ2n) is 5.54. The Labute approximate surface area is 133 Å². The molecular weight excluding hydrogens is 295 g/mol. The molecule has 0 radical (unpaired) electrons. The van der Waals surface area contributed by atoms with Crippen LogP contribution in [0.2, 0.25) is 0 Å². The summed E-state index contributed by atoms with van der Waals surface area (Å²) < 4.78 is 13.1. The van der Waals surface area contributed by atoms with Crippen molar-refractivity contribution in [1.82, 2.24) is 4.90 Å². The van der Waals surface area contributed by atoms with Crippen LogP contribution in [-0.4, -0.2) is 29.8 Å². The van der Waals surface area contributed by atoms with Gasteiger partial charge >= 0.3 is 0 Å². The van der Waals surface area contributed by atoms with Crippen LogP contribution in [0.25, 0.3) is 0 Å². The minimum atomic E-state index is -0.454. The van der Waals surface area contributed by atoms with Gasteiger partial charge in [0.2, 0.25) is 0 Å². The molecule has 0 aliphatic carbocycles. The molecule has 1 saturated heterocycles. The van der Waals surface area contributed by atoms with E-state index in [-0.39, 0.29) is 17.4 Å². The van der Waals surface area contributed by atoms with Crippen LogP contribution in [-0.2, 0) is 0 Å². The van der Waals surface area contributed by atoms with Crippen LogP contribution in [0, 0.1) is 5.82 Å². The van der Waals surface area contributed by atoms with Crippen LogP contribution >= 0.6 is 0 Å². The minimum absolute atomic E-state index is 0.0190. The minimum Gasteiger partial charge on any atom is -0.339 e. The van der Waals surface area contributed by atoms with Crippen molar-refractivity contribution in [2.24, 2.45) is 0 Å². The highest BCUT2D eigenvalue weighted by Crippen LogP contribution is 2.16. The summed E-state index contributed by atoms with van der Waals surface area (Å²) in [5.74, 6) is -0.821. The SMILES string of the molecule is O=C(Nc1ccc(C(=O)N2CCCC2)cc1)c1cccc(F)c1. The van der Waals surface area contributed by atoms with Crippen molar-refractivity contribution >= 4 is 17.5 Å². The fourth-order valence-electron chi connectivity index (χ4n) is 2.63. The Bertz CT molecular complexity index is 722. The van der Waals surface area contributed by atoms with Crippen LogP contribution < -0.4 is 5.32 Å². The van der Waals surface area contributed by atoms with Gasteiger partial charge in [-0.05, 0) is 55.3 Å². The highest BCUT2D eigenvalue weighted by Gasteiger charge is 2.19. The molecule has 1 fully saturated rings. The molecule has 0 bridgehead atoms. The van der Waals surface area contributed by atoms with E-state index in [2.05, 4.69) is 5.32 Å². The van der Waals surface area contributed by atoms with Crippen LogP contribution in [0.4, 0.5) is 10.1 Å². The summed E-state index contributed by atoms with van der Waals surface area (Å²) in [7, 11) is 0. The first kappa shape index (κ1) is 15.2. The van der Waals surface area contributed by atoms with Crippen LogP contribution in [0.5, 0.6) is 0 Å². The van der Waals surface area contributed by atoms with E-state index in [1.54, 1.807) is 30.3 Å². The van der Waals surface area contributed by atoms with Crippen molar-refractivity contribution in [1.29, 1.82) is 0 Å². The molecule has 118 valence electrons. The molecule has 1 heterocycles. The first-order chi connectivity index (χ1) is 11.1. The van der Waals surface area contributed by atoms with E-state index in [4.69, 9.17) is 0 Å². The highest BCUT2D eigenvalue weighted by molar-refractivity contribution is 6.04. The summed E-state index contributed by atoms with van der Waals surface area (Å²) in [5.41, 5.74) is 1.43. The smallest absolute Gasteiger partial charge is 0.255 e. The lowest BCUT2D eigenvalue weighted by Crippen LogP contribution is -2.27. The number of nitrogens with one attached hydrogen (secondary N) is 1. The third-order valence-corrected chi connectivity index (χ3v) is 3.87. The molecule has 3 rings (SSSR count). The van der Waals surface area contributed by atoms with Crippen molar-refractivity contribution in [3.05, 3.63) is 65.5 Å². The maximum atomic E-state index is 13.1. The van der Waals surface area contributed by atoms with Gasteiger partial charge in [0, 0.05) is 29.9 Å². The Kier molecular flexibility index (Phi) is 4.37. The average molecular weight is 312 g/mol. The molecular formula is C18H17FN2O2. The predicted molar refractivity (Wildman–Crippen MR) is 85.9 cm³/mol. The second-order valence-corrected chi connectivity index (χ2v) is 5.54. The molecule has 0 unspecified atom stereocenters. The summed E-state index contributed by atoms with van der Waals surface area (Å²) in [6.45, 7) is 1.60. The van der Waals surface area contributed by atoms with E-state index >= 15 is 0 Å². The first-order valence-corrected chi connectivity index (χ1v) is 7.60. The molecule has 0 saturated carbocycles. The number of carbonyl (C=O) groups is 2. The number of hydrogen-bond donors (Lipinski definition) is 1. The maximum absolute atomic E-state index is 13.1. The Morgan fingerprint density at radius 3 is 2.30 bits per heavy atom. The van der Waals surface area contributed by atoms with Crippen molar-refractivity contribution in [3.8, 4) is 0 Å². The van der Waals surface area contributed by atoms with Crippen molar-refractivity contribution in [2.45, 2.75) is 12.8 Å². The molecule has 2 aromatic carbocycles. The largest absolute Gasteiger partial charge is 0.339 e. The number of likely N-dealkylation sites (tertiary alicyclic amines) is 1. The van der Waals surface area contributed by atoms with Crippen LogP contribution in [0.1, 0.15) is 33.6 Å². The van der Waals surface area contributed by atoms with E-state index in [1.165, 1.54) is 18.2 Å². The number of rotatable bonds is 3. The molecule has 1 aliphatic rings. The quantitative estimate of drug-likeness (QED) is 0.945. The van der Waals surface area contributed by atoms with Gasteiger partial charge in [-0.3, -0.25) is 9.59 Å². The van der Waals surface area contributed by atoms with Gasteiger partial charge in [-0.15, -0.1) is 0 Å². The molecule has 0 atom stereocenters. The van der Waals surface area contributed by atoms with Crippen LogP contribution in [0.15, 0.2) is 48.5 Å². The van der Waals surface area contributed by atoms with Gasteiger partial charge in [-0.2, -0.15) is 0 Å². The zero-order chi connectivity index (χ0) is 16.2. The van der Waals surface area contributed by atoms with Gasteiger partial charge in [-0.25, -0.2) is 4.39 Å². The maximum Gasteiger partial charge on any atom is 0.255 e. The third-order valence-electron chi connectivity index (χ3n) is 3.87. The first-order valence-electron chi connectivity index (χ1n) is 7.60. The Balaban J connectivity index is 1.67. The van der Waals surface area contributed by atoms with Gasteiger partial charge in [0.1, 0.15) is 5.82 Å². The van der Waals surface area contributed by atoms with E-state index < -0.39 is 5.82 Å². The number of hydrogen-bond acceptors (Lipinski definition) is 2. The molecule has 23 heavy (non-hydrogen) atoms. The van der Waals surface area contributed by atoms with E-state index in [9.17, 15) is 14.0 Å². The van der Waals surface area contributed by atoms with Crippen molar-refractivity contribution in [3.63, 3.8) is 0 Å². The van der Waals surface area contributed by atoms with Gasteiger partial charge in [-0.1, -0.05) is 6.07 Å². The Morgan fingerprint density at radius 1 is 0.957 bits per heavy atom. The molecule has 2 amide bonds. The summed E-state index contributed by atoms with van der Waals surface area (Å²) in [6, 6.07) is 12.3. The third kappa shape index (κ3) is 3.56. The van der Waals surface area contributed by atoms with Gasteiger partial charge in [0.05, 0.1) is 0 Å². The lowest BCUT2D eigenvalue weighted by molar-refractivity contribution is 0.0792. The number of carbonyl (C=O) groups excluding carboxylic acids is 2. The lowest BCUT2D eigenvalue weighted by atomic mass is 10.1. The second kappa shape index (κ2) is 6.60. The van der Waals surface area contributed by atoms with Gasteiger partial charge < -0.3 is 10.2 Å². The zero-order valence-corrected chi connectivity index (χ0v) is 12.6. The monoisotopic (exact) mass is 312 g/mol. The summed E-state index contributed by atoms with van der Waals surface area (Å²) >= 11 is 0. The van der Waals surface area contributed by atoms with E-state index in [0.717, 1.165) is 25.9 Å². The average Bonchev–Trinajstić information content (AvgIpc) is 3.09. The predicted octanol–water partition coefficient (Wildman–Crippen LogP) is 3.31. The van der Waals surface area contributed by atoms with Crippen molar-refractivity contribution in [2.75, 3.05) is 18.4 Å². The molecule has 0 spiro atoms. The summed E-state index contributed by atoms with van der Waals surface area (Å²) in [5, 5.41) is 2.69. The standard InChI is InChI=1S/C18H17FN2O2/c19-15-5-3-4-14(12-15)17(22)20-16-8-6-13(7-9-16)18(23)21-10-1-2-11-21/h3-9,12H,1-2,10-11H2,(H,20,22). The van der Waals surface area contributed by atoms with Crippen molar-refractivity contribution < 1.29 is 14.0 Å². The highest BCUT2D eigenvalue weighted by atomic mass is 19.1. The molecule has 1 N–H and O–H groups in total. The number of nitrogens with zero attached hydrogens (tertiary/aromatic N) is 1. The summed E-state index contributed by atoms with van der Waals surface area (Å²) in [4.78, 5) is 26.1. The Hall–Kier alpha value is -2.69. The summed E-state index contributed by atoms with van der Waals surface area (Å²) in [6.07, 6.45) is 2.10. The number of benzene rings is 2. The topological polar surface area (TPSA) is 49.4 Å². The van der Waals surface area contributed by atoms with E-state index in [1.807, 2.05) is 4.90 Å². The Morgan fingerprint density at radius 2 is 1.65 bits per heavy atom. The molecule has 4 nitrogen and oxygen atoms in total. The number of anilines is 1. The van der Waals surface area contributed by atoms with Gasteiger partial charge in [0.15, 0.2) is 0 Å². The number of halogens is 1. The molecule has 5 heteroatoms. The molecule has 1 aliphatic heterocycles. The van der Waals surface area contributed by atoms with Gasteiger partial charge in [0.25, 0.3) is 11.8 Å². The zero-order valence-electron chi connectivity index (χ0n) is 12.6. The van der Waals surface area contributed by atoms with Crippen LogP contribution in [0.3, 0.4) is 0 Å². The fourth-order valence-corrected chi connectivity index (χ4v) is 2.63. The molecule has 2 aromatic rings. The fraction of sp³-hybridized carbons (Fsp3) is 0.222. The number of amides is 2. The normalized spacial score (nSPS) is 13.9. The lowest BCUT2D eigenvalue weighted by Gasteiger charge is -2.15. The molecule has 0 aromatic heterocycles.